The van der Waals surface area contributed by atoms with Gasteiger partial charge >= 0.3 is 11.9 Å². The Balaban J connectivity index is 2.01. The average molecular weight is 449 g/mol. The molecule has 0 aromatic carbocycles. The summed E-state index contributed by atoms with van der Waals surface area (Å²) in [6.45, 7) is 16.9. The van der Waals surface area contributed by atoms with Crippen LogP contribution in [0.15, 0.2) is 12.2 Å². The minimum Gasteiger partial charge on any atom is -0.455 e. The van der Waals surface area contributed by atoms with Crippen LogP contribution in [0.1, 0.15) is 119 Å². The summed E-state index contributed by atoms with van der Waals surface area (Å²) in [5.41, 5.74) is -1.11. The van der Waals surface area contributed by atoms with Gasteiger partial charge in [0.2, 0.25) is 0 Å². The molecule has 4 atom stereocenters. The molecule has 2 aliphatic carbocycles. The predicted octanol–water partition coefficient (Wildman–Crippen LogP) is 7.40. The molecular weight excluding hydrogens is 400 g/mol. The lowest BCUT2D eigenvalue weighted by molar-refractivity contribution is -0.169. The number of rotatable bonds is 10. The zero-order valence-electron chi connectivity index (χ0n) is 21.6. The molecule has 0 saturated heterocycles. The van der Waals surface area contributed by atoms with Gasteiger partial charge in [-0.25, -0.2) is 9.59 Å². The molecule has 0 spiro atoms. The zero-order valence-corrected chi connectivity index (χ0v) is 21.6. The highest BCUT2D eigenvalue weighted by Gasteiger charge is 2.42. The van der Waals surface area contributed by atoms with Crippen molar-refractivity contribution in [2.24, 2.45) is 23.7 Å². The first kappa shape index (κ1) is 26.9. The van der Waals surface area contributed by atoms with Gasteiger partial charge in [-0.15, -0.1) is 0 Å². The second kappa shape index (κ2) is 11.7. The van der Waals surface area contributed by atoms with E-state index in [4.69, 9.17) is 9.47 Å². The molecule has 2 saturated carbocycles. The van der Waals surface area contributed by atoms with Gasteiger partial charge in [0.25, 0.3) is 0 Å². The van der Waals surface area contributed by atoms with Gasteiger partial charge in [0.15, 0.2) is 0 Å². The minimum atomic E-state index is -0.595. The fourth-order valence-electron chi connectivity index (χ4n) is 6.19. The highest BCUT2D eigenvalue weighted by molar-refractivity contribution is 6.13. The largest absolute Gasteiger partial charge is 0.455 e. The van der Waals surface area contributed by atoms with E-state index in [1.807, 2.05) is 0 Å². The third-order valence-electron chi connectivity index (χ3n) is 7.82. The van der Waals surface area contributed by atoms with Crippen LogP contribution in [0.25, 0.3) is 0 Å². The van der Waals surface area contributed by atoms with Crippen molar-refractivity contribution >= 4 is 11.9 Å². The molecule has 32 heavy (non-hydrogen) atoms. The first-order valence-corrected chi connectivity index (χ1v) is 13.2. The van der Waals surface area contributed by atoms with Gasteiger partial charge in [-0.05, 0) is 87.9 Å². The molecule has 2 rings (SSSR count). The van der Waals surface area contributed by atoms with Crippen LogP contribution in [0.4, 0.5) is 0 Å². The van der Waals surface area contributed by atoms with E-state index in [2.05, 4.69) is 48.1 Å². The first-order chi connectivity index (χ1) is 15.0. The zero-order chi connectivity index (χ0) is 23.9. The van der Waals surface area contributed by atoms with E-state index < -0.39 is 23.1 Å². The lowest BCUT2D eigenvalue weighted by atomic mass is 9.73. The lowest BCUT2D eigenvalue weighted by Crippen LogP contribution is -2.43. The van der Waals surface area contributed by atoms with Crippen molar-refractivity contribution in [2.45, 2.75) is 130 Å². The van der Waals surface area contributed by atoms with Gasteiger partial charge in [0.1, 0.15) is 16.8 Å². The van der Waals surface area contributed by atoms with Gasteiger partial charge in [0.05, 0.1) is 0 Å². The van der Waals surface area contributed by atoms with E-state index in [9.17, 15) is 9.59 Å². The van der Waals surface area contributed by atoms with Crippen LogP contribution in [0.5, 0.6) is 0 Å². The van der Waals surface area contributed by atoms with E-state index in [0.717, 1.165) is 64.2 Å². The molecular formula is C28H48O4. The van der Waals surface area contributed by atoms with Crippen LogP contribution in [0.2, 0.25) is 0 Å². The van der Waals surface area contributed by atoms with E-state index in [0.29, 0.717) is 23.7 Å². The molecule has 0 amide bonds. The van der Waals surface area contributed by atoms with Crippen LogP contribution in [0.3, 0.4) is 0 Å². The van der Waals surface area contributed by atoms with Crippen molar-refractivity contribution in [3.63, 3.8) is 0 Å². The molecule has 4 unspecified atom stereocenters. The van der Waals surface area contributed by atoms with Crippen LogP contribution in [-0.4, -0.2) is 23.1 Å². The number of carbonyl (C=O) groups is 2. The molecule has 4 heteroatoms. The molecule has 2 fully saturated rings. The van der Waals surface area contributed by atoms with E-state index >= 15 is 0 Å². The summed E-state index contributed by atoms with van der Waals surface area (Å²) in [7, 11) is 0. The Morgan fingerprint density at radius 3 is 1.50 bits per heavy atom. The van der Waals surface area contributed by atoms with Crippen molar-refractivity contribution in [3.8, 4) is 0 Å². The first-order valence-electron chi connectivity index (χ1n) is 13.2. The molecule has 0 aromatic rings. The maximum absolute atomic E-state index is 13.0. The lowest BCUT2D eigenvalue weighted by Gasteiger charge is -2.41. The number of carbonyl (C=O) groups excluding carboxylic acids is 2. The molecule has 2 aliphatic rings. The third kappa shape index (κ3) is 7.35. The highest BCUT2D eigenvalue weighted by atomic mass is 16.6. The van der Waals surface area contributed by atoms with E-state index in [-0.39, 0.29) is 5.57 Å². The minimum absolute atomic E-state index is 0.150. The summed E-state index contributed by atoms with van der Waals surface area (Å²) in [5, 5.41) is 0. The fourth-order valence-corrected chi connectivity index (χ4v) is 6.19. The summed E-state index contributed by atoms with van der Waals surface area (Å²) in [6.07, 6.45) is 11.8. The molecule has 184 valence electrons. The van der Waals surface area contributed by atoms with Gasteiger partial charge in [-0.1, -0.05) is 61.0 Å². The topological polar surface area (TPSA) is 52.6 Å². The van der Waals surface area contributed by atoms with Gasteiger partial charge in [-0.2, -0.15) is 0 Å². The Labute approximate surface area is 196 Å². The van der Waals surface area contributed by atoms with Crippen LogP contribution in [0, 0.1) is 23.7 Å². The molecule has 0 N–H and O–H groups in total. The molecule has 0 bridgehead atoms. The molecule has 4 nitrogen and oxygen atoms in total. The van der Waals surface area contributed by atoms with Crippen LogP contribution >= 0.6 is 0 Å². The monoisotopic (exact) mass is 448 g/mol. The van der Waals surface area contributed by atoms with Crippen molar-refractivity contribution in [1.29, 1.82) is 0 Å². The Bertz CT molecular complexity index is 598. The summed E-state index contributed by atoms with van der Waals surface area (Å²) in [6, 6.07) is 0. The van der Waals surface area contributed by atoms with Crippen LogP contribution in [-0.2, 0) is 19.1 Å². The van der Waals surface area contributed by atoms with Crippen molar-refractivity contribution in [1.82, 2.24) is 0 Å². The van der Waals surface area contributed by atoms with Crippen molar-refractivity contribution in [2.75, 3.05) is 0 Å². The molecule has 0 radical (unpaired) electrons. The molecule has 0 aromatic heterocycles. The van der Waals surface area contributed by atoms with Crippen molar-refractivity contribution < 1.29 is 19.1 Å². The number of hydrogen-bond donors (Lipinski definition) is 0. The van der Waals surface area contributed by atoms with Crippen LogP contribution < -0.4 is 0 Å². The Morgan fingerprint density at radius 1 is 0.812 bits per heavy atom. The van der Waals surface area contributed by atoms with Gasteiger partial charge in [-0.3, -0.25) is 0 Å². The van der Waals surface area contributed by atoms with E-state index in [1.165, 1.54) is 12.8 Å². The smallest absolute Gasteiger partial charge is 0.345 e. The Kier molecular flexibility index (Phi) is 9.85. The highest BCUT2D eigenvalue weighted by Crippen LogP contribution is 2.42. The third-order valence-corrected chi connectivity index (χ3v) is 7.82. The fraction of sp³-hybridized carbons (Fsp3) is 0.857. The number of ether oxygens (including phenoxy) is 2. The standard InChI is InChI=1S/C28H48O4/c1-8-27(14-10-12-23(18-27)16-20(3)4)31-25(29)22(7)26(30)32-28(9-2)15-11-13-24(19-28)17-21(5)6/h20-21,23-24H,7-19H2,1-6H3. The number of esters is 2. The normalized spacial score (nSPS) is 30.9. The predicted molar refractivity (Wildman–Crippen MR) is 130 cm³/mol. The Morgan fingerprint density at radius 2 is 1.19 bits per heavy atom. The van der Waals surface area contributed by atoms with Crippen molar-refractivity contribution in [3.05, 3.63) is 12.2 Å². The quantitative estimate of drug-likeness (QED) is 0.151. The summed E-state index contributed by atoms with van der Waals surface area (Å²) in [5.74, 6) is 1.22. The Hall–Kier alpha value is -1.32. The summed E-state index contributed by atoms with van der Waals surface area (Å²) < 4.78 is 12.0. The summed E-state index contributed by atoms with van der Waals surface area (Å²) in [4.78, 5) is 25.9. The van der Waals surface area contributed by atoms with Gasteiger partial charge < -0.3 is 9.47 Å². The maximum Gasteiger partial charge on any atom is 0.345 e. The second-order valence-electron chi connectivity index (χ2n) is 11.5. The maximum atomic E-state index is 13.0. The summed E-state index contributed by atoms with van der Waals surface area (Å²) >= 11 is 0. The van der Waals surface area contributed by atoms with E-state index in [1.54, 1.807) is 0 Å². The average Bonchev–Trinajstić information content (AvgIpc) is 2.72. The molecule has 0 heterocycles. The molecule has 0 aliphatic heterocycles. The van der Waals surface area contributed by atoms with Gasteiger partial charge in [0, 0.05) is 0 Å². The number of hydrogen-bond acceptors (Lipinski definition) is 4. The second-order valence-corrected chi connectivity index (χ2v) is 11.5. The SMILES string of the molecule is C=C(C(=O)OC1(CC)CCCC(CC(C)C)C1)C(=O)OC1(CC)CCCC(CC(C)C)C1.